The summed E-state index contributed by atoms with van der Waals surface area (Å²) in [5.41, 5.74) is 0.934. The van der Waals surface area contributed by atoms with Crippen molar-refractivity contribution in [2.75, 3.05) is 25.7 Å². The highest BCUT2D eigenvalue weighted by Gasteiger charge is 2.25. The molecule has 0 fully saturated rings. The molecule has 0 radical (unpaired) electrons. The van der Waals surface area contributed by atoms with Crippen molar-refractivity contribution >= 4 is 33.7 Å². The molecule has 0 aliphatic heterocycles. The molecule has 1 amide bonds. The lowest BCUT2D eigenvalue weighted by Gasteiger charge is -2.18. The summed E-state index contributed by atoms with van der Waals surface area (Å²) in [5, 5.41) is 2.38. The molecule has 1 rings (SSSR count). The number of sulfonamides is 1. The van der Waals surface area contributed by atoms with Crippen molar-refractivity contribution in [1.82, 2.24) is 10.0 Å². The summed E-state index contributed by atoms with van der Waals surface area (Å²) in [7, 11) is -2.62. The Morgan fingerprint density at radius 3 is 2.42 bits per heavy atom. The predicted molar refractivity (Wildman–Crippen MR) is 93.3 cm³/mol. The number of esters is 1. The van der Waals surface area contributed by atoms with Gasteiger partial charge in [-0.2, -0.15) is 16.5 Å². The Labute approximate surface area is 146 Å². The van der Waals surface area contributed by atoms with Crippen molar-refractivity contribution in [2.24, 2.45) is 0 Å². The number of nitrogens with one attached hydrogen (secondary N) is 2. The minimum absolute atomic E-state index is 0.0861. The summed E-state index contributed by atoms with van der Waals surface area (Å²) < 4.78 is 31.7. The first-order chi connectivity index (χ1) is 11.3. The maximum atomic E-state index is 12.4. The highest BCUT2D eigenvalue weighted by atomic mass is 32.2. The van der Waals surface area contributed by atoms with Crippen LogP contribution in [-0.2, 0) is 24.3 Å². The number of rotatable bonds is 9. The van der Waals surface area contributed by atoms with Crippen molar-refractivity contribution in [3.8, 4) is 0 Å². The van der Waals surface area contributed by atoms with Crippen LogP contribution < -0.4 is 10.0 Å². The highest BCUT2D eigenvalue weighted by Crippen LogP contribution is 2.12. The van der Waals surface area contributed by atoms with Gasteiger partial charge in [0, 0.05) is 0 Å². The molecule has 1 atom stereocenters. The van der Waals surface area contributed by atoms with Crippen LogP contribution in [0.15, 0.2) is 29.2 Å². The Bertz CT molecular complexity index is 659. The second-order valence-electron chi connectivity index (χ2n) is 5.06. The molecule has 0 heterocycles. The molecular weight excluding hydrogens is 352 g/mol. The number of hydrogen-bond donors (Lipinski definition) is 2. The van der Waals surface area contributed by atoms with Gasteiger partial charge in [0.1, 0.15) is 12.6 Å². The lowest BCUT2D eigenvalue weighted by atomic mass is 10.2. The van der Waals surface area contributed by atoms with E-state index in [2.05, 4.69) is 14.8 Å². The van der Waals surface area contributed by atoms with Crippen LogP contribution in [0.1, 0.15) is 12.0 Å². The zero-order valence-electron chi connectivity index (χ0n) is 13.9. The van der Waals surface area contributed by atoms with Crippen molar-refractivity contribution in [3.63, 3.8) is 0 Å². The van der Waals surface area contributed by atoms with Crippen LogP contribution in [0.2, 0.25) is 0 Å². The van der Waals surface area contributed by atoms with Gasteiger partial charge in [-0.25, -0.2) is 8.42 Å². The smallest absolute Gasteiger partial charge is 0.325 e. The summed E-state index contributed by atoms with van der Waals surface area (Å²) in [4.78, 5) is 23.4. The monoisotopic (exact) mass is 374 g/mol. The number of amides is 1. The number of thioether (sulfide) groups is 1. The summed E-state index contributed by atoms with van der Waals surface area (Å²) in [6.45, 7) is 1.54. The van der Waals surface area contributed by atoms with Crippen molar-refractivity contribution < 1.29 is 22.7 Å². The van der Waals surface area contributed by atoms with Crippen LogP contribution in [0.5, 0.6) is 0 Å². The van der Waals surface area contributed by atoms with E-state index in [1.165, 1.54) is 31.0 Å². The lowest BCUT2D eigenvalue weighted by molar-refractivity contribution is -0.141. The number of carbonyl (C=O) groups is 2. The van der Waals surface area contributed by atoms with Crippen LogP contribution in [-0.4, -0.2) is 52.0 Å². The van der Waals surface area contributed by atoms with Crippen LogP contribution in [0.25, 0.3) is 0 Å². The topological polar surface area (TPSA) is 102 Å². The van der Waals surface area contributed by atoms with Gasteiger partial charge in [0.15, 0.2) is 0 Å². The molecule has 0 aliphatic rings. The first-order valence-electron chi connectivity index (χ1n) is 7.22. The molecular formula is C15H22N2O5S2. The van der Waals surface area contributed by atoms with Crippen LogP contribution in [0.4, 0.5) is 0 Å². The normalized spacial score (nSPS) is 12.5. The molecule has 0 saturated heterocycles. The third-order valence-corrected chi connectivity index (χ3v) is 5.32. The minimum Gasteiger partial charge on any atom is -0.468 e. The van der Waals surface area contributed by atoms with Gasteiger partial charge in [-0.15, -0.1) is 0 Å². The van der Waals surface area contributed by atoms with Gasteiger partial charge in [0.05, 0.1) is 12.0 Å². The molecule has 2 N–H and O–H groups in total. The molecule has 0 spiro atoms. The molecule has 0 saturated carbocycles. The standard InChI is InChI=1S/C15H22N2O5S2/c1-11-4-6-12(7-5-11)24(20,21)17-13(8-9-23-3)15(19)16-10-14(18)22-2/h4-7,13,17H,8-10H2,1-3H3,(H,16,19). The molecule has 1 aromatic carbocycles. The van der Waals surface area contributed by atoms with Gasteiger partial charge in [0.2, 0.25) is 15.9 Å². The van der Waals surface area contributed by atoms with E-state index >= 15 is 0 Å². The Hall–Kier alpha value is -1.58. The summed E-state index contributed by atoms with van der Waals surface area (Å²) in [6.07, 6.45) is 2.16. The fourth-order valence-corrected chi connectivity index (χ4v) is 3.51. The first kappa shape index (κ1) is 20.5. The quantitative estimate of drug-likeness (QED) is 0.617. The summed E-state index contributed by atoms with van der Waals surface area (Å²) >= 11 is 1.49. The summed E-state index contributed by atoms with van der Waals surface area (Å²) in [5.74, 6) is -0.578. The van der Waals surface area contributed by atoms with Gasteiger partial charge < -0.3 is 10.1 Å². The van der Waals surface area contributed by atoms with Crippen LogP contribution in [0.3, 0.4) is 0 Å². The highest BCUT2D eigenvalue weighted by molar-refractivity contribution is 7.98. The number of ether oxygens (including phenoxy) is 1. The molecule has 134 valence electrons. The van der Waals surface area contributed by atoms with Gasteiger partial charge in [0.25, 0.3) is 0 Å². The van der Waals surface area contributed by atoms with E-state index in [-0.39, 0.29) is 11.4 Å². The average Bonchev–Trinajstić information content (AvgIpc) is 2.56. The molecule has 1 unspecified atom stereocenters. The predicted octanol–water partition coefficient (Wildman–Crippen LogP) is 0.684. The van der Waals surface area contributed by atoms with E-state index < -0.39 is 27.9 Å². The summed E-state index contributed by atoms with van der Waals surface area (Å²) in [6, 6.07) is 5.37. The maximum Gasteiger partial charge on any atom is 0.325 e. The van der Waals surface area contributed by atoms with E-state index in [1.54, 1.807) is 12.1 Å². The fourth-order valence-electron chi connectivity index (χ4n) is 1.81. The van der Waals surface area contributed by atoms with E-state index in [9.17, 15) is 18.0 Å². The zero-order valence-corrected chi connectivity index (χ0v) is 15.5. The molecule has 1 aromatic rings. The zero-order chi connectivity index (χ0) is 18.2. The van der Waals surface area contributed by atoms with Crippen molar-refractivity contribution in [2.45, 2.75) is 24.3 Å². The molecule has 0 aromatic heterocycles. The molecule has 0 bridgehead atoms. The van der Waals surface area contributed by atoms with Crippen LogP contribution in [0, 0.1) is 6.92 Å². The maximum absolute atomic E-state index is 12.4. The number of carbonyl (C=O) groups excluding carboxylic acids is 2. The van der Waals surface area contributed by atoms with E-state index in [1.807, 2.05) is 13.2 Å². The number of methoxy groups -OCH3 is 1. The molecule has 7 nitrogen and oxygen atoms in total. The van der Waals surface area contributed by atoms with Gasteiger partial charge in [-0.1, -0.05) is 17.7 Å². The van der Waals surface area contributed by atoms with Crippen molar-refractivity contribution in [3.05, 3.63) is 29.8 Å². The third kappa shape index (κ3) is 6.50. The minimum atomic E-state index is -3.83. The van der Waals surface area contributed by atoms with Gasteiger partial charge in [-0.05, 0) is 37.5 Å². The Morgan fingerprint density at radius 2 is 1.88 bits per heavy atom. The molecule has 9 heteroatoms. The van der Waals surface area contributed by atoms with Gasteiger partial charge >= 0.3 is 5.97 Å². The Balaban J connectivity index is 2.85. The SMILES string of the molecule is COC(=O)CNC(=O)C(CCSC)NS(=O)(=O)c1ccc(C)cc1. The Morgan fingerprint density at radius 1 is 1.25 bits per heavy atom. The lowest BCUT2D eigenvalue weighted by Crippen LogP contribution is -2.48. The van der Waals surface area contributed by atoms with E-state index in [0.29, 0.717) is 12.2 Å². The average molecular weight is 374 g/mol. The molecule has 24 heavy (non-hydrogen) atoms. The second kappa shape index (κ2) is 9.65. The first-order valence-corrected chi connectivity index (χ1v) is 10.1. The second-order valence-corrected chi connectivity index (χ2v) is 7.76. The van der Waals surface area contributed by atoms with Crippen molar-refractivity contribution in [1.29, 1.82) is 0 Å². The van der Waals surface area contributed by atoms with E-state index in [0.717, 1.165) is 5.56 Å². The van der Waals surface area contributed by atoms with Crippen LogP contribution >= 0.6 is 11.8 Å². The number of aryl methyl sites for hydroxylation is 1. The fraction of sp³-hybridized carbons (Fsp3) is 0.467. The van der Waals surface area contributed by atoms with E-state index in [4.69, 9.17) is 0 Å². The number of benzene rings is 1. The Kier molecular flexibility index (Phi) is 8.23. The third-order valence-electron chi connectivity index (χ3n) is 3.19. The number of hydrogen-bond acceptors (Lipinski definition) is 6. The molecule has 0 aliphatic carbocycles. The van der Waals surface area contributed by atoms with Gasteiger partial charge in [-0.3, -0.25) is 9.59 Å². The largest absolute Gasteiger partial charge is 0.468 e.